The van der Waals surface area contributed by atoms with Crippen LogP contribution in [0.2, 0.25) is 0 Å². The lowest BCUT2D eigenvalue weighted by Crippen LogP contribution is -2.32. The first-order chi connectivity index (χ1) is 9.72. The van der Waals surface area contributed by atoms with E-state index in [0.717, 1.165) is 24.8 Å². The molecular formula is C14H14BrNO4. The lowest BCUT2D eigenvalue weighted by atomic mass is 9.72. The maximum absolute atomic E-state index is 10.8. The number of hydrogen-bond acceptors (Lipinski definition) is 5. The lowest BCUT2D eigenvalue weighted by Gasteiger charge is -2.38. The molecule has 6 heteroatoms. The summed E-state index contributed by atoms with van der Waals surface area (Å²) in [7, 11) is 1.59. The van der Waals surface area contributed by atoms with E-state index in [1.54, 1.807) is 13.2 Å². The van der Waals surface area contributed by atoms with Crippen molar-refractivity contribution in [2.24, 2.45) is 4.99 Å². The molecule has 0 amide bonds. The molecule has 0 bridgehead atoms. The highest BCUT2D eigenvalue weighted by Crippen LogP contribution is 2.54. The number of nitrogens with zero attached hydrogens (tertiary/aromatic N) is 1. The summed E-state index contributed by atoms with van der Waals surface area (Å²) in [6, 6.07) is 1.87. The van der Waals surface area contributed by atoms with Gasteiger partial charge in [-0.05, 0) is 41.3 Å². The quantitative estimate of drug-likeness (QED) is 0.627. The van der Waals surface area contributed by atoms with Gasteiger partial charge in [-0.25, -0.2) is 4.79 Å². The predicted octanol–water partition coefficient (Wildman–Crippen LogP) is 2.94. The van der Waals surface area contributed by atoms with E-state index < -0.39 is 5.54 Å². The molecule has 1 aromatic carbocycles. The van der Waals surface area contributed by atoms with E-state index in [-0.39, 0.29) is 0 Å². The molecule has 1 aromatic rings. The van der Waals surface area contributed by atoms with Crippen molar-refractivity contribution in [1.82, 2.24) is 0 Å². The maximum atomic E-state index is 10.8. The third-order valence-corrected chi connectivity index (χ3v) is 4.60. The molecule has 1 aliphatic heterocycles. The van der Waals surface area contributed by atoms with E-state index in [0.29, 0.717) is 34.9 Å². The first-order valence-corrected chi connectivity index (χ1v) is 7.27. The van der Waals surface area contributed by atoms with E-state index >= 15 is 0 Å². The van der Waals surface area contributed by atoms with Crippen molar-refractivity contribution in [3.05, 3.63) is 16.1 Å². The van der Waals surface area contributed by atoms with Crippen molar-refractivity contribution in [2.45, 2.75) is 24.8 Å². The number of rotatable bonds is 3. The Bertz CT molecular complexity index is 591. The summed E-state index contributed by atoms with van der Waals surface area (Å²) in [6.45, 7) is 1.01. The molecule has 1 aliphatic carbocycles. The van der Waals surface area contributed by atoms with E-state index in [2.05, 4.69) is 20.9 Å². The van der Waals surface area contributed by atoms with Gasteiger partial charge in [-0.3, -0.25) is 0 Å². The number of halogens is 1. The first-order valence-electron chi connectivity index (χ1n) is 6.47. The van der Waals surface area contributed by atoms with Crippen LogP contribution in [0.4, 0.5) is 0 Å². The summed E-state index contributed by atoms with van der Waals surface area (Å²) in [5.41, 5.74) is 0.316. The number of hydrogen-bond donors (Lipinski definition) is 0. The van der Waals surface area contributed by atoms with Crippen LogP contribution in [0.1, 0.15) is 24.8 Å². The van der Waals surface area contributed by atoms with Crippen molar-refractivity contribution in [3.8, 4) is 17.2 Å². The largest absolute Gasteiger partial charge is 0.495 e. The van der Waals surface area contributed by atoms with Gasteiger partial charge in [0, 0.05) is 5.56 Å². The molecule has 0 atom stereocenters. The molecule has 0 spiro atoms. The fourth-order valence-electron chi connectivity index (χ4n) is 2.71. The van der Waals surface area contributed by atoms with Gasteiger partial charge in [0.25, 0.3) is 0 Å². The normalized spacial score (nSPS) is 18.7. The van der Waals surface area contributed by atoms with Crippen LogP contribution in [0.25, 0.3) is 0 Å². The van der Waals surface area contributed by atoms with Crippen molar-refractivity contribution < 1.29 is 19.0 Å². The summed E-state index contributed by atoms with van der Waals surface area (Å²) < 4.78 is 17.5. The Kier molecular flexibility index (Phi) is 3.44. The average Bonchev–Trinajstić information content (AvgIpc) is 2.43. The summed E-state index contributed by atoms with van der Waals surface area (Å²) in [6.07, 6.45) is 4.34. The highest BCUT2D eigenvalue weighted by atomic mass is 79.9. The lowest BCUT2D eigenvalue weighted by molar-refractivity contribution is 0.167. The third-order valence-electron chi connectivity index (χ3n) is 3.88. The van der Waals surface area contributed by atoms with Crippen LogP contribution in [0, 0.1) is 0 Å². The zero-order chi connectivity index (χ0) is 14.2. The minimum atomic E-state index is -0.536. The molecule has 3 rings (SSSR count). The van der Waals surface area contributed by atoms with Crippen LogP contribution >= 0.6 is 15.9 Å². The topological polar surface area (TPSA) is 57.1 Å². The number of carbonyl (C=O) groups excluding carboxylic acids is 1. The molecule has 0 unspecified atom stereocenters. The van der Waals surface area contributed by atoms with Crippen LogP contribution in [-0.4, -0.2) is 26.4 Å². The molecule has 20 heavy (non-hydrogen) atoms. The summed E-state index contributed by atoms with van der Waals surface area (Å²) >= 11 is 3.50. The summed E-state index contributed by atoms with van der Waals surface area (Å²) in [5, 5.41) is 0. The molecule has 0 aromatic heterocycles. The number of ether oxygens (including phenoxy) is 3. The monoisotopic (exact) mass is 339 g/mol. The number of methoxy groups -OCH3 is 1. The van der Waals surface area contributed by atoms with Gasteiger partial charge in [0.05, 0.1) is 7.11 Å². The molecule has 0 N–H and O–H groups in total. The van der Waals surface area contributed by atoms with Gasteiger partial charge in [-0.15, -0.1) is 0 Å². The molecular weight excluding hydrogens is 326 g/mol. The van der Waals surface area contributed by atoms with Crippen molar-refractivity contribution in [2.75, 3.05) is 20.3 Å². The second kappa shape index (κ2) is 5.11. The Balaban J connectivity index is 2.19. The van der Waals surface area contributed by atoms with Gasteiger partial charge >= 0.3 is 0 Å². The summed E-state index contributed by atoms with van der Waals surface area (Å²) in [5.74, 6) is 1.95. The predicted molar refractivity (Wildman–Crippen MR) is 75.3 cm³/mol. The fraction of sp³-hybridized carbons (Fsp3) is 0.500. The molecule has 106 valence electrons. The zero-order valence-corrected chi connectivity index (χ0v) is 12.7. The smallest absolute Gasteiger partial charge is 0.235 e. The molecule has 1 saturated carbocycles. The van der Waals surface area contributed by atoms with Crippen molar-refractivity contribution >= 4 is 22.0 Å². The van der Waals surface area contributed by atoms with Crippen LogP contribution in [0.3, 0.4) is 0 Å². The molecule has 0 radical (unpaired) electrons. The SMILES string of the molecule is COc1c(C2(N=C=O)CCC2)cc2c(c1Br)OCCO2. The van der Waals surface area contributed by atoms with Gasteiger partial charge in [-0.1, -0.05) is 0 Å². The highest BCUT2D eigenvalue weighted by molar-refractivity contribution is 9.10. The Hall–Kier alpha value is -1.52. The molecule has 2 aliphatic rings. The first kappa shape index (κ1) is 13.5. The number of benzene rings is 1. The maximum Gasteiger partial charge on any atom is 0.235 e. The minimum Gasteiger partial charge on any atom is -0.495 e. The van der Waals surface area contributed by atoms with E-state index in [4.69, 9.17) is 14.2 Å². The number of aliphatic imine (C=N–C) groups is 1. The van der Waals surface area contributed by atoms with Crippen molar-refractivity contribution in [1.29, 1.82) is 0 Å². The highest BCUT2D eigenvalue weighted by Gasteiger charge is 2.43. The van der Waals surface area contributed by atoms with E-state index in [1.165, 1.54) is 0 Å². The van der Waals surface area contributed by atoms with Gasteiger partial charge in [0.1, 0.15) is 29.0 Å². The van der Waals surface area contributed by atoms with Crippen LogP contribution in [-0.2, 0) is 10.3 Å². The van der Waals surface area contributed by atoms with Crippen molar-refractivity contribution in [3.63, 3.8) is 0 Å². The van der Waals surface area contributed by atoms with Crippen LogP contribution < -0.4 is 14.2 Å². The Morgan fingerprint density at radius 3 is 2.75 bits per heavy atom. The van der Waals surface area contributed by atoms with E-state index in [9.17, 15) is 4.79 Å². The Morgan fingerprint density at radius 1 is 1.40 bits per heavy atom. The van der Waals surface area contributed by atoms with E-state index in [1.807, 2.05) is 6.07 Å². The third kappa shape index (κ3) is 1.91. The standard InChI is InChI=1S/C14H14BrNO4/c1-18-12-9(14(16-8-17)3-2-4-14)7-10-13(11(12)15)20-6-5-19-10/h7H,2-6H2,1H3. The van der Waals surface area contributed by atoms with Gasteiger partial charge < -0.3 is 14.2 Å². The summed E-state index contributed by atoms with van der Waals surface area (Å²) in [4.78, 5) is 14.8. The zero-order valence-electron chi connectivity index (χ0n) is 11.1. The molecule has 1 heterocycles. The van der Waals surface area contributed by atoms with Gasteiger partial charge in [0.15, 0.2) is 11.5 Å². The minimum absolute atomic E-state index is 0.506. The van der Waals surface area contributed by atoms with Gasteiger partial charge in [-0.2, -0.15) is 4.99 Å². The molecule has 5 nitrogen and oxygen atoms in total. The second-order valence-corrected chi connectivity index (χ2v) is 5.68. The molecule has 0 saturated heterocycles. The van der Waals surface area contributed by atoms with Crippen LogP contribution in [0.15, 0.2) is 15.5 Å². The van der Waals surface area contributed by atoms with Gasteiger partial charge in [0.2, 0.25) is 6.08 Å². The Morgan fingerprint density at radius 2 is 2.15 bits per heavy atom. The average molecular weight is 340 g/mol. The molecule has 1 fully saturated rings. The Labute approximate surface area is 125 Å². The van der Waals surface area contributed by atoms with Crippen LogP contribution in [0.5, 0.6) is 17.2 Å². The fourth-order valence-corrected chi connectivity index (χ4v) is 3.40. The second-order valence-electron chi connectivity index (χ2n) is 4.88. The number of isocyanates is 1. The number of fused-ring (bicyclic) bond motifs is 1.